The highest BCUT2D eigenvalue weighted by molar-refractivity contribution is 7.80. The van der Waals surface area contributed by atoms with Crippen LogP contribution in [-0.4, -0.2) is 21.2 Å². The van der Waals surface area contributed by atoms with Gasteiger partial charge in [-0.3, -0.25) is 4.79 Å². The molecule has 0 aliphatic heterocycles. The van der Waals surface area contributed by atoms with E-state index < -0.39 is 12.0 Å². The Bertz CT molecular complexity index is 973. The number of aromatic nitrogens is 1. The van der Waals surface area contributed by atoms with E-state index in [1.54, 1.807) is 23.5 Å². The molecule has 1 aromatic heterocycles. The number of hydrogen-bond donors (Lipinski definition) is 3. The summed E-state index contributed by atoms with van der Waals surface area (Å²) in [6.07, 6.45) is 0.706. The molecule has 0 spiro atoms. The summed E-state index contributed by atoms with van der Waals surface area (Å²) in [5, 5.41) is 16.6. The lowest BCUT2D eigenvalue weighted by Gasteiger charge is -2.20. The molecule has 0 amide bonds. The molecule has 0 aliphatic carbocycles. The van der Waals surface area contributed by atoms with Gasteiger partial charge in [0.1, 0.15) is 5.82 Å². The summed E-state index contributed by atoms with van der Waals surface area (Å²) in [6, 6.07) is 10.9. The zero-order chi connectivity index (χ0) is 19.4. The number of carboxylic acid groups (broad SMARTS) is 1. The summed E-state index contributed by atoms with van der Waals surface area (Å²) in [5.41, 5.74) is 2.38. The van der Waals surface area contributed by atoms with Crippen LogP contribution >= 0.6 is 23.6 Å². The molecule has 0 bridgehead atoms. The van der Waals surface area contributed by atoms with Crippen molar-refractivity contribution < 1.29 is 14.3 Å². The molecule has 0 saturated heterocycles. The summed E-state index contributed by atoms with van der Waals surface area (Å²) >= 11 is 6.97. The lowest BCUT2D eigenvalue weighted by atomic mass is 10.0. The van der Waals surface area contributed by atoms with E-state index in [0.29, 0.717) is 10.7 Å². The van der Waals surface area contributed by atoms with Crippen LogP contribution in [0, 0.1) is 5.82 Å². The van der Waals surface area contributed by atoms with Crippen molar-refractivity contribution in [3.8, 4) is 0 Å². The third-order valence-corrected chi connectivity index (χ3v) is 5.33. The number of hydrogen-bond acceptors (Lipinski definition) is 4. The fraction of sp³-hybridized carbons (Fsp3) is 0.211. The predicted molar refractivity (Wildman–Crippen MR) is 110 cm³/mol. The Balaban J connectivity index is 1.73. The highest BCUT2D eigenvalue weighted by Gasteiger charge is 2.17. The number of thiocarbonyl (C=S) groups is 1. The smallest absolute Gasteiger partial charge is 0.305 e. The van der Waals surface area contributed by atoms with Crippen LogP contribution in [0.25, 0.3) is 10.2 Å². The zero-order valence-corrected chi connectivity index (χ0v) is 16.2. The molecular weight excluding hydrogens is 385 g/mol. The molecule has 0 saturated carbocycles. The number of anilines is 1. The maximum Gasteiger partial charge on any atom is 0.305 e. The van der Waals surface area contributed by atoms with E-state index in [1.807, 2.05) is 18.2 Å². The predicted octanol–water partition coefficient (Wildman–Crippen LogP) is 4.50. The van der Waals surface area contributed by atoms with E-state index in [9.17, 15) is 9.18 Å². The van der Waals surface area contributed by atoms with Crippen LogP contribution in [0.2, 0.25) is 0 Å². The van der Waals surface area contributed by atoms with Crippen LogP contribution in [-0.2, 0) is 11.2 Å². The van der Waals surface area contributed by atoms with Crippen molar-refractivity contribution >= 4 is 50.5 Å². The Morgan fingerprint density at radius 1 is 1.30 bits per heavy atom. The largest absolute Gasteiger partial charge is 0.481 e. The van der Waals surface area contributed by atoms with Crippen molar-refractivity contribution in [2.75, 3.05) is 5.32 Å². The number of carbonyl (C=O) groups is 1. The second kappa shape index (κ2) is 8.41. The van der Waals surface area contributed by atoms with Crippen molar-refractivity contribution in [1.29, 1.82) is 0 Å². The SMILES string of the molecule is CCc1nc2ccc(NC(=S)N[C@@H](CC(=O)O)c3ccc(F)cc3)cc2s1. The van der Waals surface area contributed by atoms with Crippen molar-refractivity contribution in [2.45, 2.75) is 25.8 Å². The van der Waals surface area contributed by atoms with Crippen LogP contribution in [0.1, 0.15) is 30.0 Å². The van der Waals surface area contributed by atoms with Crippen molar-refractivity contribution in [3.05, 3.63) is 58.9 Å². The molecular formula is C19H18FN3O2S2. The zero-order valence-electron chi connectivity index (χ0n) is 14.5. The molecule has 1 heterocycles. The molecule has 3 rings (SSSR count). The van der Waals surface area contributed by atoms with Gasteiger partial charge in [0.15, 0.2) is 5.11 Å². The van der Waals surface area contributed by atoms with Gasteiger partial charge in [-0.2, -0.15) is 0 Å². The van der Waals surface area contributed by atoms with E-state index >= 15 is 0 Å². The Morgan fingerprint density at radius 3 is 2.70 bits per heavy atom. The van der Waals surface area contributed by atoms with Gasteiger partial charge in [-0.05, 0) is 54.5 Å². The first kappa shape index (κ1) is 19.2. The first-order chi connectivity index (χ1) is 12.9. The molecule has 3 aromatic rings. The fourth-order valence-corrected chi connectivity index (χ4v) is 3.86. The summed E-state index contributed by atoms with van der Waals surface area (Å²) in [7, 11) is 0. The number of benzene rings is 2. The van der Waals surface area contributed by atoms with Crippen molar-refractivity contribution in [1.82, 2.24) is 10.3 Å². The minimum Gasteiger partial charge on any atom is -0.481 e. The number of nitrogens with one attached hydrogen (secondary N) is 2. The van der Waals surface area contributed by atoms with Crippen molar-refractivity contribution in [2.24, 2.45) is 0 Å². The minimum absolute atomic E-state index is 0.179. The topological polar surface area (TPSA) is 74.2 Å². The summed E-state index contributed by atoms with van der Waals surface area (Å²) in [5.74, 6) is -1.35. The molecule has 140 valence electrons. The van der Waals surface area contributed by atoms with Gasteiger partial charge in [0.25, 0.3) is 0 Å². The third kappa shape index (κ3) is 4.99. The molecule has 3 N–H and O–H groups in total. The number of aliphatic carboxylic acids is 1. The summed E-state index contributed by atoms with van der Waals surface area (Å²) < 4.78 is 14.2. The minimum atomic E-state index is -0.974. The Hall–Kier alpha value is -2.58. The molecule has 0 radical (unpaired) electrons. The number of halogens is 1. The third-order valence-electron chi connectivity index (χ3n) is 3.95. The van der Waals surface area contributed by atoms with E-state index in [4.69, 9.17) is 17.3 Å². The van der Waals surface area contributed by atoms with Gasteiger partial charge in [0, 0.05) is 5.69 Å². The van der Waals surface area contributed by atoms with Gasteiger partial charge in [0.05, 0.1) is 27.7 Å². The monoisotopic (exact) mass is 403 g/mol. The summed E-state index contributed by atoms with van der Waals surface area (Å²) in [6.45, 7) is 2.06. The molecule has 1 atom stereocenters. The van der Waals surface area contributed by atoms with Crippen LogP contribution < -0.4 is 10.6 Å². The molecule has 0 aliphatic rings. The van der Waals surface area contributed by atoms with E-state index in [1.165, 1.54) is 12.1 Å². The average molecular weight is 404 g/mol. The number of rotatable bonds is 6. The van der Waals surface area contributed by atoms with Gasteiger partial charge in [0.2, 0.25) is 0 Å². The Kier molecular flexibility index (Phi) is 5.98. The highest BCUT2D eigenvalue weighted by atomic mass is 32.1. The van der Waals surface area contributed by atoms with Crippen molar-refractivity contribution in [3.63, 3.8) is 0 Å². The van der Waals surface area contributed by atoms with E-state index in [-0.39, 0.29) is 12.2 Å². The van der Waals surface area contributed by atoms with E-state index in [2.05, 4.69) is 22.5 Å². The first-order valence-corrected chi connectivity index (χ1v) is 9.61. The quantitative estimate of drug-likeness (QED) is 0.526. The van der Waals surface area contributed by atoms with Crippen LogP contribution in [0.5, 0.6) is 0 Å². The van der Waals surface area contributed by atoms with Gasteiger partial charge in [-0.15, -0.1) is 11.3 Å². The molecule has 0 fully saturated rings. The van der Waals surface area contributed by atoms with Gasteiger partial charge >= 0.3 is 5.97 Å². The van der Waals surface area contributed by atoms with Crippen LogP contribution in [0.3, 0.4) is 0 Å². The maximum absolute atomic E-state index is 13.1. The van der Waals surface area contributed by atoms with Gasteiger partial charge in [-0.25, -0.2) is 9.37 Å². The lowest BCUT2D eigenvalue weighted by molar-refractivity contribution is -0.137. The molecule has 2 aromatic carbocycles. The van der Waals surface area contributed by atoms with Crippen LogP contribution in [0.15, 0.2) is 42.5 Å². The first-order valence-electron chi connectivity index (χ1n) is 8.39. The second-order valence-corrected chi connectivity index (χ2v) is 7.47. The number of thiazole rings is 1. The number of aryl methyl sites for hydroxylation is 1. The van der Waals surface area contributed by atoms with Gasteiger partial charge < -0.3 is 15.7 Å². The second-order valence-electron chi connectivity index (χ2n) is 5.94. The number of nitrogens with zero attached hydrogens (tertiary/aromatic N) is 1. The summed E-state index contributed by atoms with van der Waals surface area (Å²) in [4.78, 5) is 15.7. The molecule has 5 nitrogen and oxygen atoms in total. The fourth-order valence-electron chi connectivity index (χ4n) is 2.65. The lowest BCUT2D eigenvalue weighted by Crippen LogP contribution is -2.33. The number of fused-ring (bicyclic) bond motifs is 1. The van der Waals surface area contributed by atoms with E-state index in [0.717, 1.165) is 27.3 Å². The number of carboxylic acids is 1. The highest BCUT2D eigenvalue weighted by Crippen LogP contribution is 2.26. The standard InChI is InChI=1S/C19H18FN3O2S2/c1-2-17-22-14-8-7-13(9-16(14)27-17)21-19(26)23-15(10-18(24)25)11-3-5-12(20)6-4-11/h3-9,15H,2,10H2,1H3,(H,24,25)(H2,21,23,26)/t15-/m0/s1. The van der Waals surface area contributed by atoms with Gasteiger partial charge in [-0.1, -0.05) is 19.1 Å². The Labute approximate surface area is 165 Å². The molecule has 8 heteroatoms. The molecule has 0 unspecified atom stereocenters. The molecule has 27 heavy (non-hydrogen) atoms. The average Bonchev–Trinajstić information content (AvgIpc) is 3.04. The normalized spacial score (nSPS) is 11.9. The maximum atomic E-state index is 13.1. The Morgan fingerprint density at radius 2 is 2.04 bits per heavy atom. The van der Waals surface area contributed by atoms with Crippen LogP contribution in [0.4, 0.5) is 10.1 Å².